The summed E-state index contributed by atoms with van der Waals surface area (Å²) in [5.41, 5.74) is 2.46. The van der Waals surface area contributed by atoms with Crippen LogP contribution in [0.2, 0.25) is 0 Å². The molecule has 1 aliphatic heterocycles. The zero-order chi connectivity index (χ0) is 20.6. The van der Waals surface area contributed by atoms with Crippen LogP contribution in [-0.4, -0.2) is 65.4 Å². The second-order valence-corrected chi connectivity index (χ2v) is 8.63. The first-order valence-corrected chi connectivity index (χ1v) is 11.3. The van der Waals surface area contributed by atoms with Gasteiger partial charge >= 0.3 is 0 Å². The fourth-order valence-electron chi connectivity index (χ4n) is 3.08. The van der Waals surface area contributed by atoms with Crippen molar-refractivity contribution in [1.82, 2.24) is 14.9 Å². The number of hydrogen-bond donors (Lipinski definition) is 2. The number of nitrogens with zero attached hydrogens (tertiary/aromatic N) is 2. The molecule has 0 unspecified atom stereocenters. The summed E-state index contributed by atoms with van der Waals surface area (Å²) in [5.74, 6) is 2.43. The summed E-state index contributed by atoms with van der Waals surface area (Å²) in [6.45, 7) is 7.00. The molecule has 0 amide bonds. The Morgan fingerprint density at radius 2 is 1.86 bits per heavy atom. The van der Waals surface area contributed by atoms with Gasteiger partial charge in [-0.05, 0) is 49.9 Å². The van der Waals surface area contributed by atoms with E-state index >= 15 is 0 Å². The highest BCUT2D eigenvalue weighted by molar-refractivity contribution is 7.89. The molecule has 0 saturated carbocycles. The number of hydrogen-bond acceptors (Lipinski definition) is 5. The minimum Gasteiger partial charge on any atom is -0.493 e. The standard InChI is InChI=1S/C19H32N4O4S/c1-5-20-19(21-9-7-10-22-28(24,25)6-2)23-11-8-15-12-17(26-3)18(27-4)13-16(15)14-23/h12-13,22H,5-11,14H2,1-4H3,(H,20,21). The van der Waals surface area contributed by atoms with Crippen LogP contribution in [0.1, 0.15) is 31.4 Å². The van der Waals surface area contributed by atoms with Crippen molar-refractivity contribution in [2.45, 2.75) is 33.2 Å². The third kappa shape index (κ3) is 6.00. The number of benzene rings is 1. The van der Waals surface area contributed by atoms with Gasteiger partial charge in [0.2, 0.25) is 10.0 Å². The van der Waals surface area contributed by atoms with Gasteiger partial charge in [0.05, 0.1) is 20.0 Å². The third-order valence-electron chi connectivity index (χ3n) is 4.65. The third-order valence-corrected chi connectivity index (χ3v) is 6.05. The number of aliphatic imine (C=N–C) groups is 1. The highest BCUT2D eigenvalue weighted by Crippen LogP contribution is 2.33. The first-order valence-electron chi connectivity index (χ1n) is 9.68. The zero-order valence-electron chi connectivity index (χ0n) is 17.2. The molecule has 0 saturated heterocycles. The van der Waals surface area contributed by atoms with Gasteiger partial charge in [-0.15, -0.1) is 0 Å². The monoisotopic (exact) mass is 412 g/mol. The van der Waals surface area contributed by atoms with Crippen LogP contribution in [-0.2, 0) is 23.0 Å². The van der Waals surface area contributed by atoms with E-state index in [-0.39, 0.29) is 5.75 Å². The van der Waals surface area contributed by atoms with Gasteiger partial charge in [0.1, 0.15) is 0 Å². The maximum Gasteiger partial charge on any atom is 0.211 e. The van der Waals surface area contributed by atoms with E-state index in [1.807, 2.05) is 13.0 Å². The number of sulfonamides is 1. The number of fused-ring (bicyclic) bond motifs is 1. The van der Waals surface area contributed by atoms with Crippen LogP contribution < -0.4 is 19.5 Å². The Morgan fingerprint density at radius 3 is 2.46 bits per heavy atom. The normalized spacial score (nSPS) is 14.6. The van der Waals surface area contributed by atoms with Gasteiger partial charge in [-0.3, -0.25) is 4.99 Å². The topological polar surface area (TPSA) is 92.3 Å². The molecule has 0 radical (unpaired) electrons. The van der Waals surface area contributed by atoms with E-state index in [0.29, 0.717) is 19.5 Å². The molecule has 1 aromatic carbocycles. The predicted octanol–water partition coefficient (Wildman–Crippen LogP) is 1.36. The maximum absolute atomic E-state index is 11.5. The Labute approximate surface area is 168 Å². The molecule has 1 aromatic rings. The molecule has 158 valence electrons. The van der Waals surface area contributed by atoms with Crippen molar-refractivity contribution in [2.75, 3.05) is 46.2 Å². The summed E-state index contributed by atoms with van der Waals surface area (Å²) in [5, 5.41) is 3.33. The van der Waals surface area contributed by atoms with Crippen LogP contribution >= 0.6 is 0 Å². The number of methoxy groups -OCH3 is 2. The van der Waals surface area contributed by atoms with E-state index in [2.05, 4.69) is 26.0 Å². The Bertz CT molecular complexity index is 780. The lowest BCUT2D eigenvalue weighted by Crippen LogP contribution is -2.44. The lowest BCUT2D eigenvalue weighted by atomic mass is 9.99. The van der Waals surface area contributed by atoms with Crippen molar-refractivity contribution in [2.24, 2.45) is 4.99 Å². The predicted molar refractivity (Wildman–Crippen MR) is 112 cm³/mol. The summed E-state index contributed by atoms with van der Waals surface area (Å²) in [6, 6.07) is 4.08. The average Bonchev–Trinajstić information content (AvgIpc) is 2.71. The highest BCUT2D eigenvalue weighted by atomic mass is 32.2. The van der Waals surface area contributed by atoms with Gasteiger partial charge in [0, 0.05) is 32.7 Å². The van der Waals surface area contributed by atoms with Gasteiger partial charge in [0.15, 0.2) is 17.5 Å². The van der Waals surface area contributed by atoms with Crippen molar-refractivity contribution in [3.63, 3.8) is 0 Å². The second kappa shape index (κ2) is 10.5. The molecule has 0 fully saturated rings. The van der Waals surface area contributed by atoms with Crippen molar-refractivity contribution in [1.29, 1.82) is 0 Å². The summed E-state index contributed by atoms with van der Waals surface area (Å²) in [7, 11) is 0.147. The van der Waals surface area contributed by atoms with Crippen LogP contribution in [0.3, 0.4) is 0 Å². The molecule has 0 aliphatic carbocycles. The quantitative estimate of drug-likeness (QED) is 0.361. The molecule has 0 atom stereocenters. The van der Waals surface area contributed by atoms with Crippen LogP contribution in [0.5, 0.6) is 11.5 Å². The van der Waals surface area contributed by atoms with E-state index in [1.54, 1.807) is 21.1 Å². The van der Waals surface area contributed by atoms with Gasteiger partial charge in [-0.25, -0.2) is 13.1 Å². The molecule has 2 N–H and O–H groups in total. The van der Waals surface area contributed by atoms with Crippen LogP contribution in [0, 0.1) is 0 Å². The molecular formula is C19H32N4O4S. The van der Waals surface area contributed by atoms with Gasteiger partial charge < -0.3 is 19.7 Å². The van der Waals surface area contributed by atoms with Crippen LogP contribution in [0.4, 0.5) is 0 Å². The maximum atomic E-state index is 11.5. The largest absolute Gasteiger partial charge is 0.493 e. The Hall–Kier alpha value is -2.00. The van der Waals surface area contributed by atoms with Crippen molar-refractivity contribution in [3.05, 3.63) is 23.3 Å². The van der Waals surface area contributed by atoms with Crippen LogP contribution in [0.15, 0.2) is 17.1 Å². The van der Waals surface area contributed by atoms with Crippen molar-refractivity contribution in [3.8, 4) is 11.5 Å². The molecule has 1 heterocycles. The Kier molecular flexibility index (Phi) is 8.37. The summed E-state index contributed by atoms with van der Waals surface area (Å²) in [6.07, 6.45) is 1.56. The minimum absolute atomic E-state index is 0.0976. The SMILES string of the molecule is CCNC(=NCCCNS(=O)(=O)CC)N1CCc2cc(OC)c(OC)cc2C1. The lowest BCUT2D eigenvalue weighted by molar-refractivity contribution is 0.346. The van der Waals surface area contributed by atoms with E-state index in [9.17, 15) is 8.42 Å². The summed E-state index contributed by atoms with van der Waals surface area (Å²) in [4.78, 5) is 6.89. The Morgan fingerprint density at radius 1 is 1.18 bits per heavy atom. The molecule has 28 heavy (non-hydrogen) atoms. The van der Waals surface area contributed by atoms with E-state index < -0.39 is 10.0 Å². The smallest absolute Gasteiger partial charge is 0.211 e. The van der Waals surface area contributed by atoms with Crippen molar-refractivity contribution >= 4 is 16.0 Å². The molecule has 2 rings (SSSR count). The van der Waals surface area contributed by atoms with Gasteiger partial charge in [-0.2, -0.15) is 0 Å². The number of guanidine groups is 1. The minimum atomic E-state index is -3.14. The molecule has 8 nitrogen and oxygen atoms in total. The summed E-state index contributed by atoms with van der Waals surface area (Å²) >= 11 is 0. The lowest BCUT2D eigenvalue weighted by Gasteiger charge is -2.32. The number of nitrogens with one attached hydrogen (secondary N) is 2. The summed E-state index contributed by atoms with van der Waals surface area (Å²) < 4.78 is 36.4. The molecule has 1 aliphatic rings. The molecule has 0 spiro atoms. The first-order chi connectivity index (χ1) is 13.4. The van der Waals surface area contributed by atoms with Gasteiger partial charge in [0.25, 0.3) is 0 Å². The fourth-order valence-corrected chi connectivity index (χ4v) is 3.74. The Balaban J connectivity index is 2.02. The molecule has 9 heteroatoms. The van der Waals surface area contributed by atoms with E-state index in [4.69, 9.17) is 9.47 Å². The second-order valence-electron chi connectivity index (χ2n) is 6.53. The van der Waals surface area contributed by atoms with E-state index in [0.717, 1.165) is 43.5 Å². The molecule has 0 bridgehead atoms. The van der Waals surface area contributed by atoms with Crippen LogP contribution in [0.25, 0.3) is 0 Å². The van der Waals surface area contributed by atoms with Crippen molar-refractivity contribution < 1.29 is 17.9 Å². The van der Waals surface area contributed by atoms with E-state index in [1.165, 1.54) is 11.1 Å². The highest BCUT2D eigenvalue weighted by Gasteiger charge is 2.21. The average molecular weight is 413 g/mol. The number of rotatable bonds is 9. The fraction of sp³-hybridized carbons (Fsp3) is 0.632. The number of ether oxygens (including phenoxy) is 2. The zero-order valence-corrected chi connectivity index (χ0v) is 18.1. The first kappa shape index (κ1) is 22.3. The van der Waals surface area contributed by atoms with Gasteiger partial charge in [-0.1, -0.05) is 0 Å². The molecule has 0 aromatic heterocycles. The molecular weight excluding hydrogens is 380 g/mol.